The van der Waals surface area contributed by atoms with Crippen LogP contribution in [0.2, 0.25) is 0 Å². The highest BCUT2D eigenvalue weighted by atomic mass is 79.9. The quantitative estimate of drug-likeness (QED) is 0.657. The predicted octanol–water partition coefficient (Wildman–Crippen LogP) is 3.98. The Bertz CT molecular complexity index is 651. The van der Waals surface area contributed by atoms with Crippen molar-refractivity contribution in [3.8, 4) is 0 Å². The van der Waals surface area contributed by atoms with Crippen molar-refractivity contribution in [2.45, 2.75) is 6.92 Å². The average Bonchev–Trinajstić information content (AvgIpc) is 2.45. The summed E-state index contributed by atoms with van der Waals surface area (Å²) >= 11 is 3.42. The van der Waals surface area contributed by atoms with Crippen molar-refractivity contribution in [2.24, 2.45) is 5.10 Å². The van der Waals surface area contributed by atoms with Gasteiger partial charge in [0.15, 0.2) is 0 Å². The molecule has 0 aliphatic heterocycles. The summed E-state index contributed by atoms with van der Waals surface area (Å²) in [5, 5.41) is 13.1. The third kappa shape index (κ3) is 3.68. The monoisotopic (exact) mass is 332 g/mol. The van der Waals surface area contributed by atoms with E-state index in [1.54, 1.807) is 12.1 Å². The van der Waals surface area contributed by atoms with Gasteiger partial charge in [0, 0.05) is 4.47 Å². The number of carbonyl (C=O) groups is 1. The normalized spacial score (nSPS) is 11.2. The summed E-state index contributed by atoms with van der Waals surface area (Å²) in [6.45, 7) is 1.90. The molecule has 0 aliphatic carbocycles. The Balaban J connectivity index is 2.10. The zero-order valence-electron chi connectivity index (χ0n) is 10.8. The first kappa shape index (κ1) is 14.3. The van der Waals surface area contributed by atoms with Gasteiger partial charge in [-0.15, -0.1) is 0 Å². The maximum absolute atomic E-state index is 10.7. The highest BCUT2D eigenvalue weighted by Crippen LogP contribution is 2.13. The van der Waals surface area contributed by atoms with Gasteiger partial charge in [0.05, 0.1) is 17.0 Å². The second-order valence-corrected chi connectivity index (χ2v) is 5.12. The lowest BCUT2D eigenvalue weighted by atomic mass is 10.1. The highest BCUT2D eigenvalue weighted by Gasteiger charge is 2.01. The first-order valence-corrected chi connectivity index (χ1v) is 6.75. The number of benzene rings is 2. The molecular weight excluding hydrogens is 320 g/mol. The first-order valence-electron chi connectivity index (χ1n) is 5.96. The molecule has 0 fully saturated rings. The van der Waals surface area contributed by atoms with Gasteiger partial charge in [-0.05, 0) is 48.9 Å². The Morgan fingerprint density at radius 1 is 1.15 bits per heavy atom. The van der Waals surface area contributed by atoms with E-state index >= 15 is 0 Å². The third-order valence-electron chi connectivity index (χ3n) is 2.73. The van der Waals surface area contributed by atoms with E-state index in [2.05, 4.69) is 26.5 Å². The van der Waals surface area contributed by atoms with Crippen molar-refractivity contribution >= 4 is 33.3 Å². The molecule has 0 aromatic heterocycles. The molecule has 0 aliphatic rings. The number of aromatic carboxylic acids is 1. The van der Waals surface area contributed by atoms with Crippen molar-refractivity contribution in [2.75, 3.05) is 5.43 Å². The van der Waals surface area contributed by atoms with E-state index in [-0.39, 0.29) is 5.56 Å². The molecule has 0 unspecified atom stereocenters. The van der Waals surface area contributed by atoms with E-state index in [1.165, 1.54) is 12.1 Å². The van der Waals surface area contributed by atoms with E-state index in [4.69, 9.17) is 5.11 Å². The van der Waals surface area contributed by atoms with Crippen LogP contribution in [0.1, 0.15) is 22.8 Å². The molecular formula is C15H13BrN2O2. The van der Waals surface area contributed by atoms with Gasteiger partial charge in [-0.1, -0.05) is 28.1 Å². The minimum Gasteiger partial charge on any atom is -0.478 e. The fourth-order valence-corrected chi connectivity index (χ4v) is 2.01. The molecule has 2 rings (SSSR count). The summed E-state index contributed by atoms with van der Waals surface area (Å²) in [4.78, 5) is 10.7. The fourth-order valence-electron chi connectivity index (χ4n) is 1.61. The van der Waals surface area contributed by atoms with E-state index in [0.717, 1.165) is 21.4 Å². The largest absolute Gasteiger partial charge is 0.478 e. The summed E-state index contributed by atoms with van der Waals surface area (Å²) < 4.78 is 0.996. The van der Waals surface area contributed by atoms with E-state index in [9.17, 15) is 4.79 Å². The summed E-state index contributed by atoms with van der Waals surface area (Å²) in [6.07, 6.45) is 0. The number of carboxylic acids is 1. The number of nitrogens with zero attached hydrogens (tertiary/aromatic N) is 1. The van der Waals surface area contributed by atoms with Crippen molar-refractivity contribution in [1.29, 1.82) is 0 Å². The molecule has 5 heteroatoms. The van der Waals surface area contributed by atoms with Crippen LogP contribution in [0.3, 0.4) is 0 Å². The van der Waals surface area contributed by atoms with Gasteiger partial charge in [-0.3, -0.25) is 5.43 Å². The topological polar surface area (TPSA) is 61.7 Å². The molecule has 20 heavy (non-hydrogen) atoms. The lowest BCUT2D eigenvalue weighted by molar-refractivity contribution is 0.0697. The molecule has 0 radical (unpaired) electrons. The van der Waals surface area contributed by atoms with Crippen LogP contribution in [-0.2, 0) is 0 Å². The molecule has 0 spiro atoms. The lowest BCUT2D eigenvalue weighted by Crippen LogP contribution is -2.00. The number of rotatable bonds is 4. The number of halogens is 1. The molecule has 2 aromatic carbocycles. The molecule has 0 saturated heterocycles. The van der Waals surface area contributed by atoms with Gasteiger partial charge in [0.25, 0.3) is 0 Å². The molecule has 0 bridgehead atoms. The van der Waals surface area contributed by atoms with Crippen LogP contribution in [0, 0.1) is 0 Å². The maximum atomic E-state index is 10.7. The van der Waals surface area contributed by atoms with E-state index in [0.29, 0.717) is 0 Å². The van der Waals surface area contributed by atoms with Crippen molar-refractivity contribution in [3.05, 3.63) is 64.1 Å². The number of anilines is 1. The Labute approximate surface area is 125 Å². The minimum atomic E-state index is -0.939. The van der Waals surface area contributed by atoms with Crippen LogP contribution >= 0.6 is 15.9 Å². The Morgan fingerprint density at radius 2 is 1.85 bits per heavy atom. The zero-order chi connectivity index (χ0) is 14.5. The van der Waals surface area contributed by atoms with Gasteiger partial charge in [0.1, 0.15) is 0 Å². The minimum absolute atomic E-state index is 0.253. The zero-order valence-corrected chi connectivity index (χ0v) is 12.4. The van der Waals surface area contributed by atoms with Crippen molar-refractivity contribution in [1.82, 2.24) is 0 Å². The van der Waals surface area contributed by atoms with Gasteiger partial charge in [0.2, 0.25) is 0 Å². The second-order valence-electron chi connectivity index (χ2n) is 4.20. The SMILES string of the molecule is C/C(=N/Nc1ccc(C(=O)O)cc1)c1cccc(Br)c1. The maximum Gasteiger partial charge on any atom is 0.335 e. The molecule has 2 aromatic rings. The van der Waals surface area contributed by atoms with Crippen LogP contribution in [0.5, 0.6) is 0 Å². The van der Waals surface area contributed by atoms with E-state index < -0.39 is 5.97 Å². The van der Waals surface area contributed by atoms with Crippen molar-refractivity contribution in [3.63, 3.8) is 0 Å². The standard InChI is InChI=1S/C15H13BrN2O2/c1-10(12-3-2-4-13(16)9-12)17-18-14-7-5-11(6-8-14)15(19)20/h2-9,18H,1H3,(H,19,20)/b17-10-. The highest BCUT2D eigenvalue weighted by molar-refractivity contribution is 9.10. The van der Waals surface area contributed by atoms with Gasteiger partial charge >= 0.3 is 5.97 Å². The molecule has 4 nitrogen and oxygen atoms in total. The molecule has 2 N–H and O–H groups in total. The average molecular weight is 333 g/mol. The lowest BCUT2D eigenvalue weighted by Gasteiger charge is -2.04. The summed E-state index contributed by atoms with van der Waals surface area (Å²) in [7, 11) is 0. The van der Waals surface area contributed by atoms with Gasteiger partial charge < -0.3 is 5.11 Å². The Morgan fingerprint density at radius 3 is 2.45 bits per heavy atom. The number of hydrazone groups is 1. The molecule has 0 amide bonds. The number of hydrogen-bond acceptors (Lipinski definition) is 3. The first-order chi connectivity index (χ1) is 9.56. The summed E-state index contributed by atoms with van der Waals surface area (Å²) in [5.41, 5.74) is 5.75. The molecule has 0 saturated carbocycles. The second kappa shape index (κ2) is 6.34. The summed E-state index contributed by atoms with van der Waals surface area (Å²) in [6, 6.07) is 14.3. The molecule has 0 heterocycles. The van der Waals surface area contributed by atoms with Crippen LogP contribution in [-0.4, -0.2) is 16.8 Å². The Kier molecular flexibility index (Phi) is 4.53. The van der Waals surface area contributed by atoms with Crippen LogP contribution in [0.15, 0.2) is 58.1 Å². The predicted molar refractivity (Wildman–Crippen MR) is 83.4 cm³/mol. The number of carboxylic acid groups (broad SMARTS) is 1. The Hall–Kier alpha value is -2.14. The number of hydrogen-bond donors (Lipinski definition) is 2. The van der Waals surface area contributed by atoms with Gasteiger partial charge in [-0.2, -0.15) is 5.10 Å². The molecule has 0 atom stereocenters. The molecule has 102 valence electrons. The number of nitrogens with one attached hydrogen (secondary N) is 1. The summed E-state index contributed by atoms with van der Waals surface area (Å²) in [5.74, 6) is -0.939. The van der Waals surface area contributed by atoms with Gasteiger partial charge in [-0.25, -0.2) is 4.79 Å². The van der Waals surface area contributed by atoms with Crippen LogP contribution in [0.25, 0.3) is 0 Å². The van der Waals surface area contributed by atoms with Crippen molar-refractivity contribution < 1.29 is 9.90 Å². The van der Waals surface area contributed by atoms with E-state index in [1.807, 2.05) is 31.2 Å². The fraction of sp³-hybridized carbons (Fsp3) is 0.0667. The third-order valence-corrected chi connectivity index (χ3v) is 3.22. The van der Waals surface area contributed by atoms with Crippen LogP contribution < -0.4 is 5.43 Å². The van der Waals surface area contributed by atoms with Crippen LogP contribution in [0.4, 0.5) is 5.69 Å². The smallest absolute Gasteiger partial charge is 0.335 e.